The van der Waals surface area contributed by atoms with Gasteiger partial charge in [0.1, 0.15) is 0 Å². The highest BCUT2D eigenvalue weighted by Crippen LogP contribution is 2.42. The predicted molar refractivity (Wildman–Crippen MR) is 234 cm³/mol. The Hall–Kier alpha value is -7.57. The molecular weight excluding hydrogens is 697 g/mol. The van der Waals surface area contributed by atoms with Crippen molar-refractivity contribution < 1.29 is 0 Å². The molecule has 7 aromatic carbocycles. The van der Waals surface area contributed by atoms with Crippen molar-refractivity contribution in [2.45, 2.75) is 12.8 Å². The first-order valence-electron chi connectivity index (χ1n) is 19.5. The summed E-state index contributed by atoms with van der Waals surface area (Å²) in [6.45, 7) is 0. The molecule has 0 atom stereocenters. The molecule has 0 radical (unpaired) electrons. The number of hydrogen-bond acceptors (Lipinski definition) is 3. The molecule has 268 valence electrons. The summed E-state index contributed by atoms with van der Waals surface area (Å²) < 4.78 is 7.13. The van der Waals surface area contributed by atoms with Crippen LogP contribution in [0.25, 0.3) is 101 Å². The molecule has 0 saturated heterocycles. The van der Waals surface area contributed by atoms with Crippen LogP contribution in [0.5, 0.6) is 0 Å². The predicted octanol–water partition coefficient (Wildman–Crippen LogP) is 12.3. The molecule has 12 rings (SSSR count). The fourth-order valence-corrected chi connectivity index (χ4v) is 9.09. The lowest BCUT2D eigenvalue weighted by atomic mass is 10.0. The lowest BCUT2D eigenvalue weighted by molar-refractivity contribution is 0.888. The quantitative estimate of drug-likeness (QED) is 0.177. The molecule has 1 aliphatic rings. The van der Waals surface area contributed by atoms with Crippen molar-refractivity contribution in [2.75, 3.05) is 0 Å². The highest BCUT2D eigenvalue weighted by molar-refractivity contribution is 6.23. The molecule has 0 unspecified atom stereocenters. The van der Waals surface area contributed by atoms with E-state index in [0.29, 0.717) is 17.6 Å². The SMILES string of the molecule is C1=Cc2c(n(-c3ccc(-n4c5ccccc5c5ccc6c7ccccc7n(-c7nc(-c8ccccc8)nc(-c8ccccc8)n7)c6c54)cc3)c3ccccc23)CC1. The van der Waals surface area contributed by atoms with E-state index in [9.17, 15) is 0 Å². The molecule has 0 fully saturated rings. The summed E-state index contributed by atoms with van der Waals surface area (Å²) >= 11 is 0. The number of fused-ring (bicyclic) bond motifs is 10. The Labute approximate surface area is 328 Å². The number of para-hydroxylation sites is 3. The van der Waals surface area contributed by atoms with Gasteiger partial charge in [-0.05, 0) is 55.3 Å². The summed E-state index contributed by atoms with van der Waals surface area (Å²) in [5, 5.41) is 5.94. The van der Waals surface area contributed by atoms with Crippen LogP contribution in [-0.2, 0) is 6.42 Å². The van der Waals surface area contributed by atoms with E-state index in [1.165, 1.54) is 38.6 Å². The van der Waals surface area contributed by atoms with Gasteiger partial charge in [-0.3, -0.25) is 4.57 Å². The van der Waals surface area contributed by atoms with Crippen LogP contribution in [0.15, 0.2) is 176 Å². The largest absolute Gasteiger partial charge is 0.313 e. The van der Waals surface area contributed by atoms with Gasteiger partial charge in [-0.25, -0.2) is 4.98 Å². The zero-order chi connectivity index (χ0) is 37.5. The van der Waals surface area contributed by atoms with Crippen molar-refractivity contribution >= 4 is 60.6 Å². The Kier molecular flexibility index (Phi) is 6.95. The van der Waals surface area contributed by atoms with E-state index < -0.39 is 0 Å². The fourth-order valence-electron chi connectivity index (χ4n) is 9.09. The highest BCUT2D eigenvalue weighted by Gasteiger charge is 2.24. The average molecular weight is 731 g/mol. The maximum atomic E-state index is 5.26. The third-order valence-electron chi connectivity index (χ3n) is 11.6. The average Bonchev–Trinajstić information content (AvgIpc) is 3.93. The maximum Gasteiger partial charge on any atom is 0.238 e. The summed E-state index contributed by atoms with van der Waals surface area (Å²) in [5.74, 6) is 1.83. The fraction of sp³-hybridized carbons (Fsp3) is 0.0392. The monoisotopic (exact) mass is 730 g/mol. The van der Waals surface area contributed by atoms with E-state index in [1.807, 2.05) is 36.4 Å². The van der Waals surface area contributed by atoms with Gasteiger partial charge in [0.2, 0.25) is 5.95 Å². The van der Waals surface area contributed by atoms with Crippen LogP contribution >= 0.6 is 0 Å². The van der Waals surface area contributed by atoms with Gasteiger partial charge in [0.05, 0.1) is 27.6 Å². The first-order valence-corrected chi connectivity index (χ1v) is 19.5. The number of nitrogens with zero attached hydrogens (tertiary/aromatic N) is 6. The van der Waals surface area contributed by atoms with E-state index in [1.54, 1.807) is 0 Å². The van der Waals surface area contributed by atoms with Gasteiger partial charge in [-0.2, -0.15) is 9.97 Å². The minimum absolute atomic E-state index is 0.576. The van der Waals surface area contributed by atoms with Gasteiger partial charge in [-0.15, -0.1) is 0 Å². The minimum atomic E-state index is 0.576. The van der Waals surface area contributed by atoms with Crippen LogP contribution in [-0.4, -0.2) is 28.7 Å². The van der Waals surface area contributed by atoms with Gasteiger partial charge in [-0.1, -0.05) is 140 Å². The third kappa shape index (κ3) is 4.80. The van der Waals surface area contributed by atoms with Crippen molar-refractivity contribution in [1.82, 2.24) is 28.7 Å². The molecule has 0 N–H and O–H groups in total. The topological polar surface area (TPSA) is 53.5 Å². The summed E-state index contributed by atoms with van der Waals surface area (Å²) in [7, 11) is 0. The highest BCUT2D eigenvalue weighted by atomic mass is 15.2. The second kappa shape index (κ2) is 12.5. The van der Waals surface area contributed by atoms with Crippen LogP contribution in [0, 0.1) is 0 Å². The van der Waals surface area contributed by atoms with E-state index >= 15 is 0 Å². The summed E-state index contributed by atoms with van der Waals surface area (Å²) in [6.07, 6.45) is 6.67. The van der Waals surface area contributed by atoms with E-state index in [4.69, 9.17) is 15.0 Å². The molecule has 0 amide bonds. The molecular formula is C51H34N6. The van der Waals surface area contributed by atoms with Crippen molar-refractivity contribution in [3.63, 3.8) is 0 Å². The van der Waals surface area contributed by atoms with Gasteiger partial charge in [0.15, 0.2) is 11.6 Å². The Morgan fingerprint density at radius 1 is 0.386 bits per heavy atom. The standard InChI is InChI=1S/C51H34N6/c1-3-15-33(16-4-1)49-52-50(34-17-5-2-6-18-34)54-51(53-49)57-46-26-14-10-22-40(46)42-32-31-41-39-21-9-13-25-45(39)56(47(41)48(42)57)36-29-27-35(28-30-36)55-43-23-11-7-19-37(43)38-20-8-12-24-44(38)55/h1-11,13-23,25-32H,12,24H2. The van der Waals surface area contributed by atoms with Crippen molar-refractivity contribution in [1.29, 1.82) is 0 Å². The zero-order valence-corrected chi connectivity index (χ0v) is 30.9. The molecule has 4 heterocycles. The first kappa shape index (κ1) is 31.7. The van der Waals surface area contributed by atoms with Crippen LogP contribution in [0.1, 0.15) is 17.7 Å². The van der Waals surface area contributed by atoms with E-state index in [2.05, 4.69) is 159 Å². The lowest BCUT2D eigenvalue weighted by Crippen LogP contribution is -2.07. The normalized spacial score (nSPS) is 12.7. The number of rotatable bonds is 5. The van der Waals surface area contributed by atoms with Crippen LogP contribution in [0.3, 0.4) is 0 Å². The van der Waals surface area contributed by atoms with Crippen molar-refractivity contribution in [3.8, 4) is 40.1 Å². The van der Waals surface area contributed by atoms with Gasteiger partial charge < -0.3 is 9.13 Å². The molecule has 0 saturated carbocycles. The van der Waals surface area contributed by atoms with Gasteiger partial charge in [0.25, 0.3) is 0 Å². The number of hydrogen-bond donors (Lipinski definition) is 0. The third-order valence-corrected chi connectivity index (χ3v) is 11.6. The van der Waals surface area contributed by atoms with E-state index in [0.717, 1.165) is 62.5 Å². The van der Waals surface area contributed by atoms with Crippen molar-refractivity contribution in [2.24, 2.45) is 0 Å². The molecule has 0 aliphatic heterocycles. The molecule has 6 nitrogen and oxygen atoms in total. The summed E-state index contributed by atoms with van der Waals surface area (Å²) in [4.78, 5) is 15.6. The number of benzene rings is 7. The molecule has 4 aromatic heterocycles. The molecule has 0 spiro atoms. The Bertz CT molecular complexity index is 3330. The van der Waals surface area contributed by atoms with Gasteiger partial charge >= 0.3 is 0 Å². The molecule has 11 aromatic rings. The molecule has 57 heavy (non-hydrogen) atoms. The summed E-state index contributed by atoms with van der Waals surface area (Å²) in [5.41, 5.74) is 12.4. The Balaban J connectivity index is 1.15. The van der Waals surface area contributed by atoms with Gasteiger partial charge in [0, 0.05) is 60.7 Å². The molecule has 1 aliphatic carbocycles. The van der Waals surface area contributed by atoms with Crippen LogP contribution in [0.4, 0.5) is 0 Å². The zero-order valence-electron chi connectivity index (χ0n) is 30.9. The Morgan fingerprint density at radius 3 is 1.46 bits per heavy atom. The van der Waals surface area contributed by atoms with E-state index in [-0.39, 0.29) is 0 Å². The summed E-state index contributed by atoms with van der Waals surface area (Å²) in [6, 6.07) is 60.1. The molecule has 0 bridgehead atoms. The smallest absolute Gasteiger partial charge is 0.238 e. The van der Waals surface area contributed by atoms with Crippen LogP contribution in [0.2, 0.25) is 0 Å². The first-order chi connectivity index (χ1) is 28.3. The molecule has 6 heteroatoms. The maximum absolute atomic E-state index is 5.26. The number of aromatic nitrogens is 6. The second-order valence-electron chi connectivity index (χ2n) is 14.7. The van der Waals surface area contributed by atoms with Crippen LogP contribution < -0.4 is 0 Å². The minimum Gasteiger partial charge on any atom is -0.313 e. The lowest BCUT2D eigenvalue weighted by Gasteiger charge is -2.15. The Morgan fingerprint density at radius 2 is 0.860 bits per heavy atom. The van der Waals surface area contributed by atoms with Crippen molar-refractivity contribution in [3.05, 3.63) is 187 Å². The second-order valence-corrected chi connectivity index (χ2v) is 14.7. The number of allylic oxidation sites excluding steroid dienone is 1.